The molecule has 0 saturated heterocycles. The zero-order valence-corrected chi connectivity index (χ0v) is 16.3. The molecule has 2 nitrogen and oxygen atoms in total. The second kappa shape index (κ2) is 6.23. The zero-order valence-electron chi connectivity index (χ0n) is 14.0. The molecule has 1 aliphatic rings. The van der Waals surface area contributed by atoms with Gasteiger partial charge in [0, 0.05) is 12.9 Å². The summed E-state index contributed by atoms with van der Waals surface area (Å²) < 4.78 is 3.18. The minimum atomic E-state index is 0.242. The third kappa shape index (κ3) is 3.67. The van der Waals surface area contributed by atoms with Crippen LogP contribution >= 0.6 is 27.5 Å². The van der Waals surface area contributed by atoms with Crippen LogP contribution in [-0.4, -0.2) is 15.7 Å². The smallest absolute Gasteiger partial charge is 0.0738 e. The summed E-state index contributed by atoms with van der Waals surface area (Å²) in [6, 6.07) is 0. The van der Waals surface area contributed by atoms with Crippen LogP contribution in [-0.2, 0) is 13.5 Å². The average molecular weight is 376 g/mol. The van der Waals surface area contributed by atoms with Crippen LogP contribution in [0.1, 0.15) is 57.8 Å². The number of hydrogen-bond acceptors (Lipinski definition) is 1. The molecule has 0 N–H and O–H groups in total. The number of halogens is 2. The summed E-state index contributed by atoms with van der Waals surface area (Å²) in [6.45, 7) is 9.16. The van der Waals surface area contributed by atoms with E-state index in [1.165, 1.54) is 31.4 Å². The Bertz CT molecular complexity index is 494. The van der Waals surface area contributed by atoms with Crippen molar-refractivity contribution in [2.24, 2.45) is 23.8 Å². The lowest BCUT2D eigenvalue weighted by atomic mass is 9.63. The molecule has 0 bridgehead atoms. The summed E-state index contributed by atoms with van der Waals surface area (Å²) in [7, 11) is 2.04. The van der Waals surface area contributed by atoms with Crippen LogP contribution in [0.15, 0.2) is 4.47 Å². The number of nitrogens with zero attached hydrogens (tertiary/aromatic N) is 2. The first-order valence-electron chi connectivity index (χ1n) is 7.92. The predicted octanol–water partition coefficient (Wildman–Crippen LogP) is 5.50. The zero-order chi connectivity index (χ0) is 15.8. The van der Waals surface area contributed by atoms with Gasteiger partial charge in [0.1, 0.15) is 0 Å². The van der Waals surface area contributed by atoms with Crippen molar-refractivity contribution in [2.45, 2.75) is 59.8 Å². The first-order valence-corrected chi connectivity index (χ1v) is 9.25. The standard InChI is InChI=1S/C17H28BrClN2/c1-12-15(18)14(21(5)20-12)10-17(11-19)8-6-13(7-9-17)16(2,3)4/h13H,6-11H2,1-5H3. The first-order chi connectivity index (χ1) is 9.68. The molecule has 1 aromatic heterocycles. The molecule has 0 spiro atoms. The van der Waals surface area contributed by atoms with Crippen molar-refractivity contribution in [1.82, 2.24) is 9.78 Å². The van der Waals surface area contributed by atoms with Gasteiger partial charge in [-0.3, -0.25) is 4.68 Å². The Kier molecular flexibility index (Phi) is 5.15. The Balaban J connectivity index is 2.14. The fraction of sp³-hybridized carbons (Fsp3) is 0.824. The van der Waals surface area contributed by atoms with E-state index >= 15 is 0 Å². The van der Waals surface area contributed by atoms with Gasteiger partial charge in [0.15, 0.2) is 0 Å². The maximum absolute atomic E-state index is 6.42. The maximum Gasteiger partial charge on any atom is 0.0738 e. The quantitative estimate of drug-likeness (QED) is 0.638. The third-order valence-electron chi connectivity index (χ3n) is 5.36. The predicted molar refractivity (Wildman–Crippen MR) is 93.9 cm³/mol. The fourth-order valence-corrected chi connectivity index (χ4v) is 4.52. The van der Waals surface area contributed by atoms with Gasteiger partial charge in [0.25, 0.3) is 0 Å². The van der Waals surface area contributed by atoms with E-state index in [0.29, 0.717) is 5.41 Å². The van der Waals surface area contributed by atoms with Gasteiger partial charge in [0.2, 0.25) is 0 Å². The Labute approximate surface area is 142 Å². The second-order valence-corrected chi connectivity index (χ2v) is 8.98. The van der Waals surface area contributed by atoms with Crippen LogP contribution in [0.5, 0.6) is 0 Å². The molecule has 0 amide bonds. The minimum absolute atomic E-state index is 0.242. The molecule has 0 aliphatic heterocycles. The normalized spacial score (nSPS) is 27.1. The summed E-state index contributed by atoms with van der Waals surface area (Å²) >= 11 is 10.1. The Hall–Kier alpha value is -0.0200. The van der Waals surface area contributed by atoms with E-state index in [9.17, 15) is 0 Å². The highest BCUT2D eigenvalue weighted by Crippen LogP contribution is 2.48. The van der Waals surface area contributed by atoms with E-state index in [-0.39, 0.29) is 5.41 Å². The van der Waals surface area contributed by atoms with Crippen LogP contribution in [0.3, 0.4) is 0 Å². The molecule has 1 aliphatic carbocycles. The van der Waals surface area contributed by atoms with Crippen molar-refractivity contribution in [3.05, 3.63) is 15.9 Å². The van der Waals surface area contributed by atoms with Gasteiger partial charge in [-0.2, -0.15) is 5.10 Å². The van der Waals surface area contributed by atoms with E-state index < -0.39 is 0 Å². The Morgan fingerprint density at radius 2 is 1.90 bits per heavy atom. The fourth-order valence-electron chi connectivity index (χ4n) is 3.68. The van der Waals surface area contributed by atoms with E-state index in [2.05, 4.69) is 48.7 Å². The molecule has 1 aromatic rings. The van der Waals surface area contributed by atoms with E-state index in [0.717, 1.165) is 28.4 Å². The van der Waals surface area contributed by atoms with Crippen LogP contribution in [0.25, 0.3) is 0 Å². The highest BCUT2D eigenvalue weighted by Gasteiger charge is 2.39. The third-order valence-corrected chi connectivity index (χ3v) is 6.96. The maximum atomic E-state index is 6.42. The highest BCUT2D eigenvalue weighted by molar-refractivity contribution is 9.10. The van der Waals surface area contributed by atoms with E-state index in [4.69, 9.17) is 11.6 Å². The van der Waals surface area contributed by atoms with Crippen molar-refractivity contribution < 1.29 is 0 Å². The van der Waals surface area contributed by atoms with E-state index in [1.54, 1.807) is 0 Å². The molecule has 120 valence electrons. The van der Waals surface area contributed by atoms with Crippen molar-refractivity contribution in [2.75, 3.05) is 5.88 Å². The largest absolute Gasteiger partial charge is 0.271 e. The highest BCUT2D eigenvalue weighted by atomic mass is 79.9. The first kappa shape index (κ1) is 17.3. The van der Waals surface area contributed by atoms with Gasteiger partial charge in [0.05, 0.1) is 15.9 Å². The molecule has 21 heavy (non-hydrogen) atoms. The van der Waals surface area contributed by atoms with Gasteiger partial charge in [-0.05, 0) is 71.7 Å². The van der Waals surface area contributed by atoms with Crippen molar-refractivity contribution in [3.63, 3.8) is 0 Å². The number of alkyl halides is 1. The second-order valence-electron chi connectivity index (χ2n) is 7.92. The van der Waals surface area contributed by atoms with Gasteiger partial charge < -0.3 is 0 Å². The molecule has 0 radical (unpaired) electrons. The molecule has 4 heteroatoms. The topological polar surface area (TPSA) is 17.8 Å². The molecule has 1 fully saturated rings. The van der Waals surface area contributed by atoms with Crippen molar-refractivity contribution in [1.29, 1.82) is 0 Å². The lowest BCUT2D eigenvalue weighted by Gasteiger charge is -2.43. The van der Waals surface area contributed by atoms with Crippen molar-refractivity contribution >= 4 is 27.5 Å². The summed E-state index contributed by atoms with van der Waals surface area (Å²) in [5.41, 5.74) is 3.02. The summed E-state index contributed by atoms with van der Waals surface area (Å²) in [5.74, 6) is 1.58. The lowest BCUT2D eigenvalue weighted by molar-refractivity contribution is 0.100. The lowest BCUT2D eigenvalue weighted by Crippen LogP contribution is -2.35. The molecule has 1 saturated carbocycles. The van der Waals surface area contributed by atoms with Gasteiger partial charge >= 0.3 is 0 Å². The number of rotatable bonds is 3. The number of aryl methyl sites for hydroxylation is 2. The van der Waals surface area contributed by atoms with E-state index in [1.807, 2.05) is 11.7 Å². The van der Waals surface area contributed by atoms with Crippen LogP contribution in [0.4, 0.5) is 0 Å². The molecule has 0 unspecified atom stereocenters. The van der Waals surface area contributed by atoms with Crippen LogP contribution in [0, 0.1) is 23.7 Å². The summed E-state index contributed by atoms with van der Waals surface area (Å²) in [5, 5.41) is 4.52. The number of aromatic nitrogens is 2. The molecule has 0 atom stereocenters. The number of hydrogen-bond donors (Lipinski definition) is 0. The molecule has 1 heterocycles. The van der Waals surface area contributed by atoms with Gasteiger partial charge in [-0.1, -0.05) is 20.8 Å². The molecular weight excluding hydrogens is 348 g/mol. The van der Waals surface area contributed by atoms with Gasteiger partial charge in [-0.15, -0.1) is 11.6 Å². The molecular formula is C17H28BrClN2. The monoisotopic (exact) mass is 374 g/mol. The minimum Gasteiger partial charge on any atom is -0.271 e. The summed E-state index contributed by atoms with van der Waals surface area (Å²) in [6.07, 6.45) is 6.09. The average Bonchev–Trinajstić information content (AvgIpc) is 2.65. The van der Waals surface area contributed by atoms with Gasteiger partial charge in [-0.25, -0.2) is 0 Å². The Morgan fingerprint density at radius 3 is 2.29 bits per heavy atom. The molecule has 0 aromatic carbocycles. The van der Waals surface area contributed by atoms with Crippen LogP contribution in [0.2, 0.25) is 0 Å². The van der Waals surface area contributed by atoms with Crippen LogP contribution < -0.4 is 0 Å². The van der Waals surface area contributed by atoms with Crippen molar-refractivity contribution in [3.8, 4) is 0 Å². The Morgan fingerprint density at radius 1 is 1.33 bits per heavy atom. The SMILES string of the molecule is Cc1nn(C)c(CC2(CCl)CCC(C(C)(C)C)CC2)c1Br. The summed E-state index contributed by atoms with van der Waals surface area (Å²) in [4.78, 5) is 0. The molecule has 2 rings (SSSR count).